The summed E-state index contributed by atoms with van der Waals surface area (Å²) >= 11 is 0. The van der Waals surface area contributed by atoms with Crippen LogP contribution in [0.4, 0.5) is 36.3 Å². The van der Waals surface area contributed by atoms with Gasteiger partial charge in [-0.2, -0.15) is 18.2 Å². The van der Waals surface area contributed by atoms with E-state index >= 15 is 0 Å². The molecule has 1 aromatic heterocycles. The van der Waals surface area contributed by atoms with Gasteiger partial charge in [0.25, 0.3) is 0 Å². The van der Waals surface area contributed by atoms with Gasteiger partial charge in [-0.05, 0) is 55.5 Å². The summed E-state index contributed by atoms with van der Waals surface area (Å²) in [5, 5.41) is 5.59. The molecule has 0 saturated heterocycles. The number of aromatic nitrogens is 2. The predicted octanol–water partition coefficient (Wildman–Crippen LogP) is 5.39. The number of alkyl halides is 3. The topological polar surface area (TPSA) is 68.3 Å². The number of ether oxygens (including phenoxy) is 2. The molecule has 0 atom stereocenters. The molecule has 9 heteroatoms. The summed E-state index contributed by atoms with van der Waals surface area (Å²) in [5.74, 6) is 0.949. The van der Waals surface area contributed by atoms with Crippen LogP contribution < -0.4 is 20.1 Å². The van der Waals surface area contributed by atoms with E-state index in [1.54, 1.807) is 48.5 Å². The quantitative estimate of drug-likeness (QED) is 0.550. The first-order valence-electron chi connectivity index (χ1n) is 8.74. The van der Waals surface area contributed by atoms with Crippen molar-refractivity contribution in [2.24, 2.45) is 0 Å². The molecule has 0 spiro atoms. The molecule has 0 aliphatic heterocycles. The van der Waals surface area contributed by atoms with Gasteiger partial charge in [-0.25, -0.2) is 4.98 Å². The van der Waals surface area contributed by atoms with Gasteiger partial charge in [0, 0.05) is 17.6 Å². The van der Waals surface area contributed by atoms with Crippen molar-refractivity contribution in [2.75, 3.05) is 24.4 Å². The number of halogens is 3. The van der Waals surface area contributed by atoms with Crippen LogP contribution in [0, 0.1) is 0 Å². The van der Waals surface area contributed by atoms with Gasteiger partial charge in [0.15, 0.2) is 0 Å². The van der Waals surface area contributed by atoms with Gasteiger partial charge in [0.1, 0.15) is 22.9 Å². The lowest BCUT2D eigenvalue weighted by Gasteiger charge is -2.15. The Morgan fingerprint density at radius 2 is 1.48 bits per heavy atom. The van der Waals surface area contributed by atoms with Crippen molar-refractivity contribution in [1.29, 1.82) is 0 Å². The van der Waals surface area contributed by atoms with Crippen molar-refractivity contribution in [1.82, 2.24) is 9.97 Å². The lowest BCUT2D eigenvalue weighted by molar-refractivity contribution is -0.137. The van der Waals surface area contributed by atoms with Crippen molar-refractivity contribution in [3.8, 4) is 11.5 Å². The fourth-order valence-electron chi connectivity index (χ4n) is 2.49. The van der Waals surface area contributed by atoms with E-state index in [2.05, 4.69) is 20.6 Å². The highest BCUT2D eigenvalue weighted by Gasteiger charge is 2.35. The van der Waals surface area contributed by atoms with Crippen molar-refractivity contribution in [2.45, 2.75) is 13.1 Å². The minimum Gasteiger partial charge on any atom is -0.497 e. The van der Waals surface area contributed by atoms with Crippen LogP contribution in [0.25, 0.3) is 0 Å². The first-order valence-corrected chi connectivity index (χ1v) is 8.74. The lowest BCUT2D eigenvalue weighted by Crippen LogP contribution is -2.12. The number of hydrogen-bond donors (Lipinski definition) is 2. The molecule has 0 aliphatic rings. The molecule has 0 aliphatic carbocycles. The van der Waals surface area contributed by atoms with Crippen LogP contribution in [0.1, 0.15) is 12.5 Å². The van der Waals surface area contributed by atoms with Crippen molar-refractivity contribution in [3.05, 3.63) is 60.3 Å². The Kier molecular flexibility index (Phi) is 6.06. The van der Waals surface area contributed by atoms with Crippen LogP contribution >= 0.6 is 0 Å². The van der Waals surface area contributed by atoms with Crippen LogP contribution in [-0.4, -0.2) is 23.7 Å². The number of benzene rings is 2. The highest BCUT2D eigenvalue weighted by molar-refractivity contribution is 5.63. The smallest absolute Gasteiger partial charge is 0.421 e. The molecule has 2 N–H and O–H groups in total. The Labute approximate surface area is 165 Å². The third-order valence-corrected chi connectivity index (χ3v) is 3.87. The average Bonchev–Trinajstić information content (AvgIpc) is 2.69. The molecule has 6 nitrogen and oxygen atoms in total. The van der Waals surface area contributed by atoms with Crippen LogP contribution in [0.5, 0.6) is 11.5 Å². The van der Waals surface area contributed by atoms with Gasteiger partial charge in [0.2, 0.25) is 5.95 Å². The lowest BCUT2D eigenvalue weighted by atomic mass is 10.2. The second-order valence-electron chi connectivity index (χ2n) is 5.89. The van der Waals surface area contributed by atoms with E-state index in [0.29, 0.717) is 29.5 Å². The van der Waals surface area contributed by atoms with Gasteiger partial charge in [-0.3, -0.25) is 0 Å². The van der Waals surface area contributed by atoms with E-state index < -0.39 is 11.7 Å². The summed E-state index contributed by atoms with van der Waals surface area (Å²) in [6.45, 7) is 2.41. The number of nitrogens with one attached hydrogen (secondary N) is 2. The Morgan fingerprint density at radius 1 is 0.897 bits per heavy atom. The van der Waals surface area contributed by atoms with Crippen LogP contribution in [0.3, 0.4) is 0 Å². The standard InChI is InChI=1S/C20H19F3N4O2/c1-3-29-16-10-6-14(7-11-16)26-19-24-12-17(20(21,22)23)18(27-19)25-13-4-8-15(28-2)9-5-13/h4-12H,3H2,1-2H3,(H2,24,25,26,27). The average molecular weight is 404 g/mol. The van der Waals surface area contributed by atoms with Gasteiger partial charge in [-0.15, -0.1) is 0 Å². The molecule has 0 fully saturated rings. The molecular weight excluding hydrogens is 385 g/mol. The predicted molar refractivity (Wildman–Crippen MR) is 104 cm³/mol. The summed E-state index contributed by atoms with van der Waals surface area (Å²) < 4.78 is 50.5. The van der Waals surface area contributed by atoms with E-state index in [1.807, 2.05) is 6.92 Å². The Bertz CT molecular complexity index is 945. The Hall–Kier alpha value is -3.49. The van der Waals surface area contributed by atoms with Gasteiger partial charge in [0.05, 0.1) is 13.7 Å². The van der Waals surface area contributed by atoms with E-state index in [0.717, 1.165) is 6.20 Å². The second kappa shape index (κ2) is 8.68. The van der Waals surface area contributed by atoms with Crippen LogP contribution in [0.15, 0.2) is 54.7 Å². The Morgan fingerprint density at radius 3 is 2.03 bits per heavy atom. The number of methoxy groups -OCH3 is 1. The van der Waals surface area contributed by atoms with Gasteiger partial charge < -0.3 is 20.1 Å². The maximum absolute atomic E-state index is 13.4. The van der Waals surface area contributed by atoms with Crippen molar-refractivity contribution >= 4 is 23.1 Å². The van der Waals surface area contributed by atoms with E-state index in [9.17, 15) is 13.2 Å². The zero-order chi connectivity index (χ0) is 20.9. The van der Waals surface area contributed by atoms with Crippen LogP contribution in [-0.2, 0) is 6.18 Å². The van der Waals surface area contributed by atoms with Crippen molar-refractivity contribution in [3.63, 3.8) is 0 Å². The van der Waals surface area contributed by atoms with Crippen molar-refractivity contribution < 1.29 is 22.6 Å². The van der Waals surface area contributed by atoms with E-state index in [-0.39, 0.29) is 11.8 Å². The van der Waals surface area contributed by atoms with Crippen LogP contribution in [0.2, 0.25) is 0 Å². The maximum Gasteiger partial charge on any atom is 0.421 e. The molecular formula is C20H19F3N4O2. The molecule has 0 unspecified atom stereocenters. The zero-order valence-corrected chi connectivity index (χ0v) is 15.7. The summed E-state index contributed by atoms with van der Waals surface area (Å²) in [4.78, 5) is 7.81. The van der Waals surface area contributed by atoms with E-state index in [4.69, 9.17) is 9.47 Å². The summed E-state index contributed by atoms with van der Waals surface area (Å²) in [5.41, 5.74) is 0.0798. The van der Waals surface area contributed by atoms with E-state index in [1.165, 1.54) is 7.11 Å². The molecule has 0 amide bonds. The highest BCUT2D eigenvalue weighted by Crippen LogP contribution is 2.35. The highest BCUT2D eigenvalue weighted by atomic mass is 19.4. The fourth-order valence-corrected chi connectivity index (χ4v) is 2.49. The molecule has 152 valence electrons. The minimum absolute atomic E-state index is 0.0261. The Balaban J connectivity index is 1.86. The maximum atomic E-state index is 13.4. The molecule has 3 rings (SSSR count). The molecule has 3 aromatic rings. The molecule has 2 aromatic carbocycles. The molecule has 0 radical (unpaired) electrons. The van der Waals surface area contributed by atoms with Gasteiger partial charge >= 0.3 is 6.18 Å². The third-order valence-electron chi connectivity index (χ3n) is 3.87. The third kappa shape index (κ3) is 5.28. The second-order valence-corrected chi connectivity index (χ2v) is 5.89. The zero-order valence-electron chi connectivity index (χ0n) is 15.7. The van der Waals surface area contributed by atoms with Gasteiger partial charge in [-0.1, -0.05) is 0 Å². The number of nitrogens with zero attached hydrogens (tertiary/aromatic N) is 2. The monoisotopic (exact) mass is 404 g/mol. The number of hydrogen-bond acceptors (Lipinski definition) is 6. The first kappa shape index (κ1) is 20.2. The number of rotatable bonds is 7. The summed E-state index contributed by atoms with van der Waals surface area (Å²) in [7, 11) is 1.51. The fraction of sp³-hybridized carbons (Fsp3) is 0.200. The SMILES string of the molecule is CCOc1ccc(Nc2ncc(C(F)(F)F)c(Nc3ccc(OC)cc3)n2)cc1. The number of anilines is 4. The molecule has 0 saturated carbocycles. The molecule has 1 heterocycles. The largest absolute Gasteiger partial charge is 0.497 e. The first-order chi connectivity index (χ1) is 13.9. The normalized spacial score (nSPS) is 11.1. The molecule has 0 bridgehead atoms. The molecule has 29 heavy (non-hydrogen) atoms. The minimum atomic E-state index is -4.60. The summed E-state index contributed by atoms with van der Waals surface area (Å²) in [6.07, 6.45) is -3.86. The summed E-state index contributed by atoms with van der Waals surface area (Å²) in [6, 6.07) is 13.4.